The first-order valence-electron chi connectivity index (χ1n) is 6.90. The van der Waals surface area contributed by atoms with Gasteiger partial charge in [0.05, 0.1) is 11.6 Å². The summed E-state index contributed by atoms with van der Waals surface area (Å²) in [6.45, 7) is 0. The summed E-state index contributed by atoms with van der Waals surface area (Å²) < 4.78 is 1.80. The summed E-state index contributed by atoms with van der Waals surface area (Å²) in [6, 6.07) is 1.42. The van der Waals surface area contributed by atoms with Crippen LogP contribution < -0.4 is 10.6 Å². The van der Waals surface area contributed by atoms with Crippen molar-refractivity contribution in [3.8, 4) is 0 Å². The van der Waals surface area contributed by atoms with Crippen molar-refractivity contribution in [3.63, 3.8) is 0 Å². The highest BCUT2D eigenvalue weighted by Crippen LogP contribution is 2.39. The van der Waals surface area contributed by atoms with E-state index in [0.29, 0.717) is 18.1 Å². The number of hydrogen-bond donors (Lipinski definition) is 1. The summed E-state index contributed by atoms with van der Waals surface area (Å²) >= 11 is 0. The van der Waals surface area contributed by atoms with Crippen molar-refractivity contribution in [3.05, 3.63) is 12.5 Å². The predicted molar refractivity (Wildman–Crippen MR) is 72.8 cm³/mol. The molecule has 2 bridgehead atoms. The molecule has 2 aliphatic rings. The van der Waals surface area contributed by atoms with Gasteiger partial charge in [-0.25, -0.2) is 9.97 Å². The number of aromatic nitrogens is 4. The van der Waals surface area contributed by atoms with Gasteiger partial charge < -0.3 is 10.6 Å². The fourth-order valence-electron chi connectivity index (χ4n) is 3.72. The van der Waals surface area contributed by atoms with Gasteiger partial charge in [0, 0.05) is 25.2 Å². The van der Waals surface area contributed by atoms with E-state index in [1.54, 1.807) is 11.0 Å². The van der Waals surface area contributed by atoms with E-state index < -0.39 is 0 Å². The van der Waals surface area contributed by atoms with Crippen LogP contribution in [0.25, 0.3) is 11.0 Å². The molecule has 100 valence electrons. The summed E-state index contributed by atoms with van der Waals surface area (Å²) in [5.74, 6) is 1.04. The Hall–Kier alpha value is -1.69. The third-order valence-corrected chi connectivity index (χ3v) is 4.52. The smallest absolute Gasteiger partial charge is 0.163 e. The summed E-state index contributed by atoms with van der Waals surface area (Å²) in [7, 11) is 1.92. The quantitative estimate of drug-likeness (QED) is 0.820. The molecule has 2 aliphatic heterocycles. The second kappa shape index (κ2) is 3.90. The van der Waals surface area contributed by atoms with Crippen LogP contribution in [0, 0.1) is 0 Å². The average Bonchev–Trinajstić information content (AvgIpc) is 2.89. The van der Waals surface area contributed by atoms with Gasteiger partial charge in [0.1, 0.15) is 12.1 Å². The minimum Gasteiger partial charge on any atom is -0.350 e. The molecular formula is C13H18N6. The summed E-state index contributed by atoms with van der Waals surface area (Å²) in [6.07, 6.45) is 8.12. The molecule has 0 aromatic carbocycles. The lowest BCUT2D eigenvalue weighted by Gasteiger charge is -2.38. The van der Waals surface area contributed by atoms with Crippen molar-refractivity contribution in [1.82, 2.24) is 19.7 Å². The maximum Gasteiger partial charge on any atom is 0.163 e. The van der Waals surface area contributed by atoms with Gasteiger partial charge in [-0.3, -0.25) is 4.68 Å². The number of anilines is 1. The number of piperidine rings is 1. The maximum atomic E-state index is 6.14. The van der Waals surface area contributed by atoms with Gasteiger partial charge in [-0.15, -0.1) is 0 Å². The van der Waals surface area contributed by atoms with Gasteiger partial charge in [-0.05, 0) is 25.7 Å². The lowest BCUT2D eigenvalue weighted by molar-refractivity contribution is 0.413. The molecule has 2 saturated heterocycles. The number of nitrogens with zero attached hydrogens (tertiary/aromatic N) is 5. The minimum absolute atomic E-state index is 0.347. The Bertz CT molecular complexity index is 607. The van der Waals surface area contributed by atoms with E-state index >= 15 is 0 Å². The zero-order valence-corrected chi connectivity index (χ0v) is 11.0. The van der Waals surface area contributed by atoms with Gasteiger partial charge in [0.2, 0.25) is 0 Å². The molecule has 2 aromatic heterocycles. The van der Waals surface area contributed by atoms with Gasteiger partial charge >= 0.3 is 0 Å². The summed E-state index contributed by atoms with van der Waals surface area (Å²) in [4.78, 5) is 11.3. The van der Waals surface area contributed by atoms with Gasteiger partial charge in [-0.2, -0.15) is 5.10 Å². The van der Waals surface area contributed by atoms with Gasteiger partial charge in [0.25, 0.3) is 0 Å². The first-order chi connectivity index (χ1) is 9.24. The molecule has 6 heteroatoms. The van der Waals surface area contributed by atoms with E-state index in [2.05, 4.69) is 20.0 Å². The topological polar surface area (TPSA) is 72.9 Å². The minimum atomic E-state index is 0.347. The Morgan fingerprint density at radius 1 is 1.21 bits per heavy atom. The first-order valence-corrected chi connectivity index (χ1v) is 6.90. The van der Waals surface area contributed by atoms with Crippen molar-refractivity contribution in [2.24, 2.45) is 12.8 Å². The average molecular weight is 258 g/mol. The molecule has 4 rings (SSSR count). The number of fused-ring (bicyclic) bond motifs is 3. The Morgan fingerprint density at radius 2 is 1.95 bits per heavy atom. The normalized spacial score (nSPS) is 30.2. The van der Waals surface area contributed by atoms with Crippen LogP contribution in [0.3, 0.4) is 0 Å². The number of rotatable bonds is 1. The van der Waals surface area contributed by atoms with Gasteiger partial charge in [-0.1, -0.05) is 0 Å². The highest BCUT2D eigenvalue weighted by atomic mass is 15.3. The fourth-order valence-corrected chi connectivity index (χ4v) is 3.72. The van der Waals surface area contributed by atoms with Crippen LogP contribution in [0.4, 0.5) is 5.82 Å². The SMILES string of the molecule is Cn1ncc2c(N3C4CCC3CC(N)C4)ncnc21. The Morgan fingerprint density at radius 3 is 2.68 bits per heavy atom. The van der Waals surface area contributed by atoms with Crippen LogP contribution >= 0.6 is 0 Å². The molecular weight excluding hydrogens is 240 g/mol. The standard InChI is InChI=1S/C13H18N6/c1-18-12-11(6-17-18)13(16-7-15-12)19-9-2-3-10(19)5-8(14)4-9/h6-10H,2-5,14H2,1H3. The van der Waals surface area contributed by atoms with Crippen LogP contribution in [-0.2, 0) is 7.05 Å². The van der Waals surface area contributed by atoms with Crippen molar-refractivity contribution in [2.75, 3.05) is 4.90 Å². The van der Waals surface area contributed by atoms with Crippen molar-refractivity contribution >= 4 is 16.9 Å². The van der Waals surface area contributed by atoms with Crippen LogP contribution in [0.5, 0.6) is 0 Å². The lowest BCUT2D eigenvalue weighted by Crippen LogP contribution is -2.48. The van der Waals surface area contributed by atoms with E-state index in [4.69, 9.17) is 5.73 Å². The molecule has 2 atom stereocenters. The fraction of sp³-hybridized carbons (Fsp3) is 0.615. The van der Waals surface area contributed by atoms with Crippen LogP contribution in [0.2, 0.25) is 0 Å². The molecule has 2 aromatic rings. The number of aryl methyl sites for hydroxylation is 1. The zero-order valence-electron chi connectivity index (χ0n) is 11.0. The van der Waals surface area contributed by atoms with Crippen LogP contribution in [0.1, 0.15) is 25.7 Å². The van der Waals surface area contributed by atoms with E-state index in [1.165, 1.54) is 12.8 Å². The maximum absolute atomic E-state index is 6.14. The molecule has 6 nitrogen and oxygen atoms in total. The second-order valence-electron chi connectivity index (χ2n) is 5.73. The van der Waals surface area contributed by atoms with E-state index in [9.17, 15) is 0 Å². The van der Waals surface area contributed by atoms with Crippen LogP contribution in [0.15, 0.2) is 12.5 Å². The van der Waals surface area contributed by atoms with Crippen molar-refractivity contribution in [1.29, 1.82) is 0 Å². The molecule has 19 heavy (non-hydrogen) atoms. The van der Waals surface area contributed by atoms with Crippen molar-refractivity contribution in [2.45, 2.75) is 43.8 Å². The molecule has 0 amide bonds. The van der Waals surface area contributed by atoms with Gasteiger partial charge in [0.15, 0.2) is 5.65 Å². The molecule has 0 radical (unpaired) electrons. The third-order valence-electron chi connectivity index (χ3n) is 4.52. The van der Waals surface area contributed by atoms with Crippen molar-refractivity contribution < 1.29 is 0 Å². The molecule has 2 unspecified atom stereocenters. The highest BCUT2D eigenvalue weighted by Gasteiger charge is 2.41. The first kappa shape index (κ1) is 11.2. The summed E-state index contributed by atoms with van der Waals surface area (Å²) in [5, 5.41) is 5.35. The molecule has 0 saturated carbocycles. The monoisotopic (exact) mass is 258 g/mol. The van der Waals surface area contributed by atoms with E-state index in [0.717, 1.165) is 29.7 Å². The number of nitrogens with two attached hydrogens (primary N) is 1. The molecule has 2 fully saturated rings. The molecule has 2 N–H and O–H groups in total. The Kier molecular flexibility index (Phi) is 2.29. The Labute approximate surface area is 111 Å². The van der Waals surface area contributed by atoms with E-state index in [-0.39, 0.29) is 0 Å². The third kappa shape index (κ3) is 1.56. The largest absolute Gasteiger partial charge is 0.350 e. The van der Waals surface area contributed by atoms with Crippen LogP contribution in [-0.4, -0.2) is 37.9 Å². The predicted octanol–water partition coefficient (Wildman–Crippen LogP) is 0.822. The molecule has 4 heterocycles. The highest BCUT2D eigenvalue weighted by molar-refractivity contribution is 5.87. The zero-order chi connectivity index (χ0) is 13.0. The second-order valence-corrected chi connectivity index (χ2v) is 5.73. The summed E-state index contributed by atoms with van der Waals surface area (Å²) in [5.41, 5.74) is 7.04. The Balaban J connectivity index is 1.83. The molecule has 0 aliphatic carbocycles. The molecule has 0 spiro atoms. The lowest BCUT2D eigenvalue weighted by atomic mass is 9.98. The number of hydrogen-bond acceptors (Lipinski definition) is 5. The van der Waals surface area contributed by atoms with E-state index in [1.807, 2.05) is 13.2 Å².